The maximum atomic E-state index is 11.5. The maximum absolute atomic E-state index is 11.5. The standard InChI is InChI=1S/C18H35N3O2/c1-5-13-21-14-8-9-16(10-15-21)19-11-6-7-12-20-17(22)23-18(2,3)4/h6-7,16,19H,5,8-15H2,1-4H3,(H,20,22)/b7-6+. The lowest BCUT2D eigenvalue weighted by Crippen LogP contribution is -2.33. The minimum Gasteiger partial charge on any atom is -0.444 e. The molecule has 0 aromatic rings. The number of carbonyl (C=O) groups is 1. The molecule has 134 valence electrons. The van der Waals surface area contributed by atoms with Crippen molar-refractivity contribution in [1.29, 1.82) is 0 Å². The third kappa shape index (κ3) is 10.3. The topological polar surface area (TPSA) is 53.6 Å². The molecule has 1 aliphatic heterocycles. The van der Waals surface area contributed by atoms with Crippen LogP contribution in [0.15, 0.2) is 12.2 Å². The van der Waals surface area contributed by atoms with Crippen LogP contribution in [0.2, 0.25) is 0 Å². The number of hydrogen-bond acceptors (Lipinski definition) is 4. The van der Waals surface area contributed by atoms with E-state index < -0.39 is 5.60 Å². The summed E-state index contributed by atoms with van der Waals surface area (Å²) in [5.41, 5.74) is -0.444. The van der Waals surface area contributed by atoms with Crippen LogP contribution >= 0.6 is 0 Å². The Bertz CT molecular complexity index is 364. The molecular formula is C18H35N3O2. The predicted molar refractivity (Wildman–Crippen MR) is 95.7 cm³/mol. The molecule has 0 saturated carbocycles. The lowest BCUT2D eigenvalue weighted by atomic mass is 10.1. The van der Waals surface area contributed by atoms with E-state index in [1.165, 1.54) is 45.3 Å². The van der Waals surface area contributed by atoms with Crippen LogP contribution in [0.3, 0.4) is 0 Å². The number of carbonyl (C=O) groups excluding carboxylic acids is 1. The summed E-state index contributed by atoms with van der Waals surface area (Å²) in [7, 11) is 0. The van der Waals surface area contributed by atoms with E-state index in [0.717, 1.165) is 6.54 Å². The van der Waals surface area contributed by atoms with Crippen LogP contribution in [-0.2, 0) is 4.74 Å². The molecule has 0 aromatic heterocycles. The summed E-state index contributed by atoms with van der Waals surface area (Å²) in [5.74, 6) is 0. The van der Waals surface area contributed by atoms with Crippen molar-refractivity contribution >= 4 is 6.09 Å². The average Bonchev–Trinajstić information content (AvgIpc) is 2.67. The highest BCUT2D eigenvalue weighted by molar-refractivity contribution is 5.67. The summed E-state index contributed by atoms with van der Waals surface area (Å²) in [6.07, 6.45) is 8.68. The van der Waals surface area contributed by atoms with E-state index in [1.807, 2.05) is 26.8 Å². The van der Waals surface area contributed by atoms with Crippen LogP contribution in [0.4, 0.5) is 4.79 Å². The van der Waals surface area contributed by atoms with Gasteiger partial charge in [-0.2, -0.15) is 0 Å². The SMILES string of the molecule is CCCN1CCCC(NC/C=C/CNC(=O)OC(C)(C)C)CC1. The number of ether oxygens (including phenoxy) is 1. The number of rotatable bonds is 7. The Kier molecular flexibility index (Phi) is 9.26. The molecule has 1 unspecified atom stereocenters. The molecule has 0 bridgehead atoms. The molecule has 23 heavy (non-hydrogen) atoms. The molecule has 1 amide bonds. The number of amides is 1. The zero-order valence-electron chi connectivity index (χ0n) is 15.4. The highest BCUT2D eigenvalue weighted by atomic mass is 16.6. The van der Waals surface area contributed by atoms with Gasteiger partial charge >= 0.3 is 6.09 Å². The molecule has 0 spiro atoms. The van der Waals surface area contributed by atoms with Crippen LogP contribution in [0, 0.1) is 0 Å². The van der Waals surface area contributed by atoms with E-state index >= 15 is 0 Å². The second kappa shape index (κ2) is 10.7. The molecule has 0 aromatic carbocycles. The molecule has 0 aliphatic carbocycles. The second-order valence-electron chi connectivity index (χ2n) is 7.23. The third-order valence-corrected chi connectivity index (χ3v) is 3.81. The van der Waals surface area contributed by atoms with Crippen LogP contribution in [-0.4, -0.2) is 55.4 Å². The van der Waals surface area contributed by atoms with Gasteiger partial charge in [0.25, 0.3) is 0 Å². The summed E-state index contributed by atoms with van der Waals surface area (Å²) in [6, 6.07) is 0.611. The molecule has 5 nitrogen and oxygen atoms in total. The average molecular weight is 325 g/mol. The van der Waals surface area contributed by atoms with Crippen LogP contribution in [0.5, 0.6) is 0 Å². The fraction of sp³-hybridized carbons (Fsp3) is 0.833. The fourth-order valence-corrected chi connectivity index (χ4v) is 2.76. The van der Waals surface area contributed by atoms with E-state index in [0.29, 0.717) is 12.6 Å². The molecule has 1 rings (SSSR count). The lowest BCUT2D eigenvalue weighted by molar-refractivity contribution is 0.0534. The predicted octanol–water partition coefficient (Wildman–Crippen LogP) is 2.92. The number of nitrogens with zero attached hydrogens (tertiary/aromatic N) is 1. The van der Waals surface area contributed by atoms with Crippen molar-refractivity contribution < 1.29 is 9.53 Å². The van der Waals surface area contributed by atoms with Crippen molar-refractivity contribution in [3.05, 3.63) is 12.2 Å². The first-order chi connectivity index (χ1) is 10.9. The smallest absolute Gasteiger partial charge is 0.407 e. The zero-order chi connectivity index (χ0) is 17.1. The highest BCUT2D eigenvalue weighted by Gasteiger charge is 2.16. The zero-order valence-corrected chi connectivity index (χ0v) is 15.4. The number of alkyl carbamates (subject to hydrolysis) is 1. The molecule has 0 radical (unpaired) electrons. The van der Waals surface area contributed by atoms with Gasteiger partial charge in [0.15, 0.2) is 0 Å². The highest BCUT2D eigenvalue weighted by Crippen LogP contribution is 2.11. The maximum Gasteiger partial charge on any atom is 0.407 e. The van der Waals surface area contributed by atoms with Gasteiger partial charge in [0.2, 0.25) is 0 Å². The molecule has 1 atom stereocenters. The van der Waals surface area contributed by atoms with E-state index in [9.17, 15) is 4.79 Å². The Morgan fingerprint density at radius 1 is 1.22 bits per heavy atom. The van der Waals surface area contributed by atoms with Crippen molar-refractivity contribution in [3.8, 4) is 0 Å². The van der Waals surface area contributed by atoms with Gasteiger partial charge in [-0.25, -0.2) is 4.79 Å². The first kappa shape index (κ1) is 20.0. The Hall–Kier alpha value is -1.07. The summed E-state index contributed by atoms with van der Waals surface area (Å²) >= 11 is 0. The molecule has 1 saturated heterocycles. The van der Waals surface area contributed by atoms with Crippen molar-refractivity contribution in [2.24, 2.45) is 0 Å². The van der Waals surface area contributed by atoms with Crippen LogP contribution < -0.4 is 10.6 Å². The lowest BCUT2D eigenvalue weighted by Gasteiger charge is -2.19. The summed E-state index contributed by atoms with van der Waals surface area (Å²) < 4.78 is 5.18. The van der Waals surface area contributed by atoms with Gasteiger partial charge in [0, 0.05) is 19.1 Å². The molecule has 5 heteroatoms. The monoisotopic (exact) mass is 325 g/mol. The van der Waals surface area contributed by atoms with Gasteiger partial charge in [-0.05, 0) is 66.1 Å². The van der Waals surface area contributed by atoms with E-state index in [1.54, 1.807) is 0 Å². The van der Waals surface area contributed by atoms with E-state index in [2.05, 4.69) is 28.5 Å². The summed E-state index contributed by atoms with van der Waals surface area (Å²) in [5, 5.41) is 6.32. The Morgan fingerprint density at radius 2 is 1.96 bits per heavy atom. The molecule has 1 heterocycles. The Labute approximate surface area is 141 Å². The molecule has 1 aliphatic rings. The van der Waals surface area contributed by atoms with Gasteiger partial charge in [-0.15, -0.1) is 0 Å². The van der Waals surface area contributed by atoms with Gasteiger partial charge in [0.1, 0.15) is 5.60 Å². The Morgan fingerprint density at radius 3 is 2.65 bits per heavy atom. The van der Waals surface area contributed by atoms with Gasteiger partial charge in [0.05, 0.1) is 0 Å². The number of likely N-dealkylation sites (tertiary alicyclic amines) is 1. The van der Waals surface area contributed by atoms with Crippen molar-refractivity contribution in [3.63, 3.8) is 0 Å². The molecular weight excluding hydrogens is 290 g/mol. The summed E-state index contributed by atoms with van der Waals surface area (Å²) in [4.78, 5) is 14.0. The quantitative estimate of drug-likeness (QED) is 0.707. The van der Waals surface area contributed by atoms with Gasteiger partial charge in [-0.3, -0.25) is 0 Å². The van der Waals surface area contributed by atoms with Crippen molar-refractivity contribution in [1.82, 2.24) is 15.5 Å². The number of hydrogen-bond donors (Lipinski definition) is 2. The fourth-order valence-electron chi connectivity index (χ4n) is 2.76. The molecule has 2 N–H and O–H groups in total. The Balaban J connectivity index is 2.11. The van der Waals surface area contributed by atoms with Crippen LogP contribution in [0.1, 0.15) is 53.4 Å². The normalized spacial score (nSPS) is 20.4. The second-order valence-corrected chi connectivity index (χ2v) is 7.23. The van der Waals surface area contributed by atoms with E-state index in [4.69, 9.17) is 4.74 Å². The first-order valence-corrected chi connectivity index (χ1v) is 8.98. The molecule has 1 fully saturated rings. The van der Waals surface area contributed by atoms with Gasteiger partial charge < -0.3 is 20.3 Å². The minimum absolute atomic E-state index is 0.366. The van der Waals surface area contributed by atoms with E-state index in [-0.39, 0.29) is 6.09 Å². The van der Waals surface area contributed by atoms with Crippen LogP contribution in [0.25, 0.3) is 0 Å². The number of nitrogens with one attached hydrogen (secondary N) is 2. The van der Waals surface area contributed by atoms with Crippen molar-refractivity contribution in [2.45, 2.75) is 65.0 Å². The van der Waals surface area contributed by atoms with Crippen molar-refractivity contribution in [2.75, 3.05) is 32.7 Å². The largest absolute Gasteiger partial charge is 0.444 e. The summed E-state index contributed by atoms with van der Waals surface area (Å²) in [6.45, 7) is 12.9. The first-order valence-electron chi connectivity index (χ1n) is 8.98. The van der Waals surface area contributed by atoms with Gasteiger partial charge in [-0.1, -0.05) is 19.1 Å². The third-order valence-electron chi connectivity index (χ3n) is 3.81. The minimum atomic E-state index is -0.444.